The predicted octanol–water partition coefficient (Wildman–Crippen LogP) is 3.62. The molecular weight excluding hydrogens is 304 g/mol. The summed E-state index contributed by atoms with van der Waals surface area (Å²) in [6.45, 7) is 17.7. The Morgan fingerprint density at radius 1 is 1.42 bits per heavy atom. The van der Waals surface area contributed by atoms with Gasteiger partial charge in [0.05, 0.1) is 6.10 Å². The molecule has 134 valence electrons. The number of fused-ring (bicyclic) bond motifs is 1. The Hall–Kier alpha value is -1.39. The van der Waals surface area contributed by atoms with Crippen molar-refractivity contribution >= 4 is 5.97 Å². The minimum absolute atomic E-state index is 0.0392. The number of rotatable bonds is 4. The Morgan fingerprint density at radius 3 is 2.54 bits per heavy atom. The minimum atomic E-state index is -0.849. The summed E-state index contributed by atoms with van der Waals surface area (Å²) >= 11 is 0. The number of esters is 1. The van der Waals surface area contributed by atoms with Crippen LogP contribution >= 0.6 is 0 Å². The van der Waals surface area contributed by atoms with Gasteiger partial charge in [-0.1, -0.05) is 38.2 Å². The first-order valence-electron chi connectivity index (χ1n) is 8.62. The van der Waals surface area contributed by atoms with Crippen molar-refractivity contribution in [1.82, 2.24) is 0 Å². The van der Waals surface area contributed by atoms with Crippen LogP contribution in [0.2, 0.25) is 0 Å². The van der Waals surface area contributed by atoms with E-state index in [-0.39, 0.29) is 41.3 Å². The van der Waals surface area contributed by atoms with Crippen LogP contribution in [0, 0.1) is 23.2 Å². The normalized spacial score (nSPS) is 42.3. The number of allylic oxidation sites excluding steroid dienone is 2. The number of aliphatic hydroxyl groups is 1. The third-order valence-corrected chi connectivity index (χ3v) is 5.85. The lowest BCUT2D eigenvalue weighted by molar-refractivity contribution is -0.162. The maximum atomic E-state index is 12.3. The van der Waals surface area contributed by atoms with Crippen molar-refractivity contribution in [3.8, 4) is 0 Å². The molecule has 0 spiro atoms. The van der Waals surface area contributed by atoms with E-state index in [0.717, 1.165) is 5.57 Å². The van der Waals surface area contributed by atoms with Crippen molar-refractivity contribution in [2.75, 3.05) is 0 Å². The minimum Gasteiger partial charge on any atom is -0.459 e. The number of ether oxygens (including phenoxy) is 2. The number of hydrogen-bond donors (Lipinski definition) is 1. The third-order valence-electron chi connectivity index (χ3n) is 5.85. The molecular formula is C20H30O4. The maximum Gasteiger partial charge on any atom is 0.333 e. The van der Waals surface area contributed by atoms with Gasteiger partial charge in [-0.3, -0.25) is 0 Å². The summed E-state index contributed by atoms with van der Waals surface area (Å²) in [7, 11) is 0. The first-order valence-corrected chi connectivity index (χ1v) is 8.62. The monoisotopic (exact) mass is 334 g/mol. The van der Waals surface area contributed by atoms with Crippen LogP contribution in [0.3, 0.4) is 0 Å². The highest BCUT2D eigenvalue weighted by Gasteiger charge is 2.58. The van der Waals surface area contributed by atoms with E-state index < -0.39 is 6.29 Å². The van der Waals surface area contributed by atoms with Gasteiger partial charge in [0, 0.05) is 23.3 Å². The average molecular weight is 334 g/mol. The van der Waals surface area contributed by atoms with Crippen molar-refractivity contribution in [3.05, 3.63) is 36.5 Å². The SMILES string of the molecule is C=CC1(C)CC(OC(=O)C(C)=CC)C2C(C)C(O)OC2C1C(=C)C. The van der Waals surface area contributed by atoms with Gasteiger partial charge >= 0.3 is 5.97 Å². The molecule has 2 fully saturated rings. The lowest BCUT2D eigenvalue weighted by Gasteiger charge is -2.49. The molecule has 0 radical (unpaired) electrons. The fraction of sp³-hybridized carbons (Fsp3) is 0.650. The van der Waals surface area contributed by atoms with Crippen LogP contribution in [-0.2, 0) is 14.3 Å². The summed E-state index contributed by atoms with van der Waals surface area (Å²) in [4.78, 5) is 12.3. The molecule has 7 unspecified atom stereocenters. The van der Waals surface area contributed by atoms with Crippen LogP contribution in [-0.4, -0.2) is 29.6 Å². The quantitative estimate of drug-likeness (QED) is 0.485. The average Bonchev–Trinajstić information content (AvgIpc) is 2.80. The predicted molar refractivity (Wildman–Crippen MR) is 94.1 cm³/mol. The fourth-order valence-corrected chi connectivity index (χ4v) is 4.31. The standard InChI is InChI=1S/C20H30O4/c1-8-12(5)18(21)23-14-10-20(7,9-2)16(11(3)4)17-15(14)13(6)19(22)24-17/h8-9,13-17,19,22H,2-3,10H2,1,4-7H3. The Kier molecular flexibility index (Phi) is 5.41. The summed E-state index contributed by atoms with van der Waals surface area (Å²) in [6.07, 6.45) is 2.91. The van der Waals surface area contributed by atoms with Crippen LogP contribution in [0.15, 0.2) is 36.5 Å². The molecule has 1 heterocycles. The molecule has 0 aromatic carbocycles. The molecule has 0 aromatic heterocycles. The van der Waals surface area contributed by atoms with Gasteiger partial charge in [0.2, 0.25) is 0 Å². The molecule has 4 heteroatoms. The molecule has 2 rings (SSSR count). The van der Waals surface area contributed by atoms with Gasteiger partial charge in [0.1, 0.15) is 6.10 Å². The molecule has 1 N–H and O–H groups in total. The lowest BCUT2D eigenvalue weighted by atomic mass is 9.58. The van der Waals surface area contributed by atoms with E-state index in [1.165, 1.54) is 0 Å². The van der Waals surface area contributed by atoms with Crippen LogP contribution in [0.5, 0.6) is 0 Å². The molecule has 1 aliphatic heterocycles. The fourth-order valence-electron chi connectivity index (χ4n) is 4.31. The zero-order valence-corrected chi connectivity index (χ0v) is 15.4. The largest absolute Gasteiger partial charge is 0.459 e. The third kappa shape index (κ3) is 3.09. The highest BCUT2D eigenvalue weighted by molar-refractivity contribution is 5.87. The summed E-state index contributed by atoms with van der Waals surface area (Å²) in [5.41, 5.74) is 1.29. The maximum absolute atomic E-state index is 12.3. The van der Waals surface area contributed by atoms with Gasteiger partial charge in [-0.2, -0.15) is 0 Å². The van der Waals surface area contributed by atoms with E-state index in [9.17, 15) is 9.90 Å². The van der Waals surface area contributed by atoms with Crippen LogP contribution in [0.1, 0.15) is 41.0 Å². The molecule has 24 heavy (non-hydrogen) atoms. The van der Waals surface area contributed by atoms with Crippen LogP contribution < -0.4 is 0 Å². The van der Waals surface area contributed by atoms with Crippen molar-refractivity contribution in [3.63, 3.8) is 0 Å². The van der Waals surface area contributed by atoms with E-state index in [4.69, 9.17) is 9.47 Å². The molecule has 2 aliphatic rings. The summed E-state index contributed by atoms with van der Waals surface area (Å²) < 4.78 is 11.7. The first kappa shape index (κ1) is 18.9. The van der Waals surface area contributed by atoms with Gasteiger partial charge in [0.25, 0.3) is 0 Å². The van der Waals surface area contributed by atoms with E-state index in [1.807, 2.05) is 26.8 Å². The molecule has 7 atom stereocenters. The number of carbonyl (C=O) groups is 1. The van der Waals surface area contributed by atoms with E-state index in [0.29, 0.717) is 12.0 Å². The topological polar surface area (TPSA) is 55.8 Å². The summed E-state index contributed by atoms with van der Waals surface area (Å²) in [5, 5.41) is 10.2. The summed E-state index contributed by atoms with van der Waals surface area (Å²) in [6, 6.07) is 0. The lowest BCUT2D eigenvalue weighted by Crippen LogP contribution is -2.52. The van der Waals surface area contributed by atoms with Gasteiger partial charge in [-0.05, 0) is 32.6 Å². The number of aliphatic hydroxyl groups excluding tert-OH is 1. The van der Waals surface area contributed by atoms with Crippen molar-refractivity contribution in [2.45, 2.75) is 59.5 Å². The molecule has 1 aliphatic carbocycles. The molecule has 0 amide bonds. The zero-order valence-electron chi connectivity index (χ0n) is 15.4. The van der Waals surface area contributed by atoms with Gasteiger partial charge in [0.15, 0.2) is 6.29 Å². The highest BCUT2D eigenvalue weighted by atomic mass is 16.6. The Bertz CT molecular complexity index is 564. The zero-order chi connectivity index (χ0) is 18.2. The van der Waals surface area contributed by atoms with Crippen LogP contribution in [0.4, 0.5) is 0 Å². The highest BCUT2D eigenvalue weighted by Crippen LogP contribution is 2.54. The Morgan fingerprint density at radius 2 is 2.04 bits per heavy atom. The molecule has 0 bridgehead atoms. The molecule has 1 saturated carbocycles. The van der Waals surface area contributed by atoms with Crippen LogP contribution in [0.25, 0.3) is 0 Å². The molecule has 0 aromatic rings. The van der Waals surface area contributed by atoms with E-state index in [2.05, 4.69) is 20.1 Å². The first-order chi connectivity index (χ1) is 11.2. The molecule has 4 nitrogen and oxygen atoms in total. The second-order valence-corrected chi connectivity index (χ2v) is 7.58. The Labute approximate surface area is 145 Å². The van der Waals surface area contributed by atoms with Gasteiger partial charge in [-0.15, -0.1) is 6.58 Å². The molecule has 1 saturated heterocycles. The van der Waals surface area contributed by atoms with Gasteiger partial charge in [-0.25, -0.2) is 4.79 Å². The summed E-state index contributed by atoms with van der Waals surface area (Å²) in [5.74, 6) is -0.425. The smallest absolute Gasteiger partial charge is 0.333 e. The van der Waals surface area contributed by atoms with E-state index in [1.54, 1.807) is 13.0 Å². The van der Waals surface area contributed by atoms with Crippen molar-refractivity contribution in [1.29, 1.82) is 0 Å². The second kappa shape index (κ2) is 6.85. The van der Waals surface area contributed by atoms with Gasteiger partial charge < -0.3 is 14.6 Å². The number of hydrogen-bond acceptors (Lipinski definition) is 4. The second-order valence-electron chi connectivity index (χ2n) is 7.58. The van der Waals surface area contributed by atoms with Crippen molar-refractivity contribution < 1.29 is 19.4 Å². The van der Waals surface area contributed by atoms with Crippen molar-refractivity contribution in [2.24, 2.45) is 23.2 Å². The Balaban J connectivity index is 2.40. The van der Waals surface area contributed by atoms with E-state index >= 15 is 0 Å². The number of carbonyl (C=O) groups excluding carboxylic acids is 1.